The Kier molecular flexibility index (Phi) is 7.53. The predicted octanol–water partition coefficient (Wildman–Crippen LogP) is 13.7. The highest BCUT2D eigenvalue weighted by Gasteiger charge is 2.20. The predicted molar refractivity (Wildman–Crippen MR) is 210 cm³/mol. The van der Waals surface area contributed by atoms with Gasteiger partial charge in [0.05, 0.1) is 11.1 Å². The normalized spacial score (nSPS) is 11.2. The average molecular weight is 640 g/mol. The molecule has 0 N–H and O–H groups in total. The van der Waals surface area contributed by atoms with E-state index in [9.17, 15) is 0 Å². The topological polar surface area (TPSA) is 16.4 Å². The van der Waals surface area contributed by atoms with E-state index in [0.717, 1.165) is 44.6 Å². The third-order valence-electron chi connectivity index (χ3n) is 9.46. The van der Waals surface area contributed by atoms with E-state index in [4.69, 9.17) is 4.42 Å². The maximum atomic E-state index is 6.57. The molecule has 236 valence electrons. The Morgan fingerprint density at radius 1 is 0.300 bits per heavy atom. The minimum atomic E-state index is 0.862. The third kappa shape index (κ3) is 5.53. The summed E-state index contributed by atoms with van der Waals surface area (Å²) in [5.74, 6) is 0. The van der Waals surface area contributed by atoms with Crippen LogP contribution in [0.5, 0.6) is 0 Å². The Balaban J connectivity index is 1.19. The van der Waals surface area contributed by atoms with Crippen LogP contribution < -0.4 is 4.90 Å². The molecule has 8 aromatic carbocycles. The molecule has 50 heavy (non-hydrogen) atoms. The second-order valence-corrected chi connectivity index (χ2v) is 12.6. The molecule has 0 aliphatic heterocycles. The quantitative estimate of drug-likeness (QED) is 0.173. The van der Waals surface area contributed by atoms with Crippen molar-refractivity contribution in [2.24, 2.45) is 0 Å². The molecule has 2 heteroatoms. The standard InChI is InChI=1S/C48H33NO/c1-4-13-34(14-5-1)38-19-10-20-39(31-38)37-25-28-42(29-26-37)49(43-22-11-21-40(32-43)35-15-6-2-7-16-35)45-23-12-24-46-48(45)44-30-27-41(33-47(44)50-46)36-17-8-3-9-18-36/h1-33H. The van der Waals surface area contributed by atoms with Crippen LogP contribution in [0.2, 0.25) is 0 Å². The lowest BCUT2D eigenvalue weighted by atomic mass is 9.98. The summed E-state index contributed by atoms with van der Waals surface area (Å²) in [6, 6.07) is 71.0. The van der Waals surface area contributed by atoms with Gasteiger partial charge in [0.1, 0.15) is 11.2 Å². The summed E-state index contributed by atoms with van der Waals surface area (Å²) in [5, 5.41) is 2.18. The maximum Gasteiger partial charge on any atom is 0.137 e. The van der Waals surface area contributed by atoms with E-state index >= 15 is 0 Å². The van der Waals surface area contributed by atoms with E-state index in [0.29, 0.717) is 0 Å². The fourth-order valence-electron chi connectivity index (χ4n) is 7.00. The van der Waals surface area contributed by atoms with Gasteiger partial charge in [0, 0.05) is 16.8 Å². The molecule has 0 radical (unpaired) electrons. The summed E-state index contributed by atoms with van der Waals surface area (Å²) in [4.78, 5) is 2.36. The van der Waals surface area contributed by atoms with Crippen molar-refractivity contribution in [3.63, 3.8) is 0 Å². The lowest BCUT2D eigenvalue weighted by Gasteiger charge is -2.27. The van der Waals surface area contributed by atoms with Gasteiger partial charge in [-0.25, -0.2) is 0 Å². The van der Waals surface area contributed by atoms with Crippen LogP contribution in [0, 0.1) is 0 Å². The van der Waals surface area contributed by atoms with Gasteiger partial charge in [-0.05, 0) is 99.1 Å². The van der Waals surface area contributed by atoms with Gasteiger partial charge in [-0.1, -0.05) is 146 Å². The molecule has 1 aromatic heterocycles. The first-order valence-electron chi connectivity index (χ1n) is 17.0. The van der Waals surface area contributed by atoms with Gasteiger partial charge >= 0.3 is 0 Å². The first kappa shape index (κ1) is 29.5. The second kappa shape index (κ2) is 12.8. The molecule has 0 spiro atoms. The number of furan rings is 1. The van der Waals surface area contributed by atoms with E-state index in [2.05, 4.69) is 199 Å². The summed E-state index contributed by atoms with van der Waals surface area (Å²) in [6.07, 6.45) is 0. The summed E-state index contributed by atoms with van der Waals surface area (Å²) in [6.45, 7) is 0. The van der Waals surface area contributed by atoms with Gasteiger partial charge < -0.3 is 9.32 Å². The van der Waals surface area contributed by atoms with E-state index in [1.54, 1.807) is 0 Å². The average Bonchev–Trinajstić information content (AvgIpc) is 3.58. The lowest BCUT2D eigenvalue weighted by Crippen LogP contribution is -2.10. The fraction of sp³-hybridized carbons (Fsp3) is 0. The zero-order valence-corrected chi connectivity index (χ0v) is 27.4. The monoisotopic (exact) mass is 639 g/mol. The van der Waals surface area contributed by atoms with Gasteiger partial charge in [-0.15, -0.1) is 0 Å². The molecular weight excluding hydrogens is 607 g/mol. The van der Waals surface area contributed by atoms with E-state index in [1.165, 1.54) is 38.9 Å². The smallest absolute Gasteiger partial charge is 0.137 e. The molecule has 0 saturated carbocycles. The molecule has 0 aliphatic carbocycles. The Bertz CT molecular complexity index is 2570. The molecule has 0 atom stereocenters. The number of rotatable bonds is 7. The third-order valence-corrected chi connectivity index (χ3v) is 9.46. The van der Waals surface area contributed by atoms with Crippen molar-refractivity contribution in [2.45, 2.75) is 0 Å². The van der Waals surface area contributed by atoms with Crippen molar-refractivity contribution in [2.75, 3.05) is 4.90 Å². The molecular formula is C48H33NO. The van der Waals surface area contributed by atoms with Crippen LogP contribution in [0.3, 0.4) is 0 Å². The molecule has 0 unspecified atom stereocenters. The number of hydrogen-bond acceptors (Lipinski definition) is 2. The first-order chi connectivity index (χ1) is 24.8. The number of fused-ring (bicyclic) bond motifs is 3. The van der Waals surface area contributed by atoms with Crippen molar-refractivity contribution >= 4 is 39.0 Å². The molecule has 1 heterocycles. The number of anilines is 3. The van der Waals surface area contributed by atoms with Crippen LogP contribution in [0.25, 0.3) is 66.4 Å². The van der Waals surface area contributed by atoms with Crippen LogP contribution in [0.4, 0.5) is 17.1 Å². The van der Waals surface area contributed by atoms with Crippen LogP contribution in [0.15, 0.2) is 205 Å². The van der Waals surface area contributed by atoms with E-state index in [1.807, 2.05) is 6.07 Å². The van der Waals surface area contributed by atoms with Crippen LogP contribution in [-0.4, -0.2) is 0 Å². The van der Waals surface area contributed by atoms with Crippen molar-refractivity contribution in [1.29, 1.82) is 0 Å². The molecule has 9 rings (SSSR count). The van der Waals surface area contributed by atoms with Crippen LogP contribution in [-0.2, 0) is 0 Å². The van der Waals surface area contributed by atoms with Gasteiger partial charge in [-0.2, -0.15) is 0 Å². The SMILES string of the molecule is c1ccc(-c2cccc(-c3ccc(N(c4cccc(-c5ccccc5)c4)c4cccc5oc6cc(-c7ccccc7)ccc6c45)cc3)c2)cc1. The lowest BCUT2D eigenvalue weighted by molar-refractivity contribution is 0.669. The molecule has 0 amide bonds. The van der Waals surface area contributed by atoms with Crippen molar-refractivity contribution in [3.05, 3.63) is 200 Å². The van der Waals surface area contributed by atoms with Gasteiger partial charge in [0.2, 0.25) is 0 Å². The van der Waals surface area contributed by atoms with Crippen LogP contribution >= 0.6 is 0 Å². The molecule has 0 fully saturated rings. The minimum Gasteiger partial charge on any atom is -0.456 e. The zero-order chi connectivity index (χ0) is 33.3. The summed E-state index contributed by atoms with van der Waals surface area (Å²) in [7, 11) is 0. The van der Waals surface area contributed by atoms with Crippen molar-refractivity contribution in [1.82, 2.24) is 0 Å². The number of hydrogen-bond donors (Lipinski definition) is 0. The second-order valence-electron chi connectivity index (χ2n) is 12.6. The van der Waals surface area contributed by atoms with Gasteiger partial charge in [0.15, 0.2) is 0 Å². The highest BCUT2D eigenvalue weighted by Crippen LogP contribution is 2.44. The summed E-state index contributed by atoms with van der Waals surface area (Å²) in [5.41, 5.74) is 14.4. The molecule has 9 aromatic rings. The minimum absolute atomic E-state index is 0.862. The van der Waals surface area contributed by atoms with Crippen molar-refractivity contribution in [3.8, 4) is 44.5 Å². The number of benzene rings is 8. The Labute approximate surface area is 292 Å². The molecule has 0 saturated heterocycles. The zero-order valence-electron chi connectivity index (χ0n) is 27.4. The Morgan fingerprint density at radius 2 is 0.780 bits per heavy atom. The Hall–Kier alpha value is -6.64. The van der Waals surface area contributed by atoms with Crippen LogP contribution in [0.1, 0.15) is 0 Å². The molecule has 0 aliphatic rings. The molecule has 2 nitrogen and oxygen atoms in total. The van der Waals surface area contributed by atoms with E-state index < -0.39 is 0 Å². The highest BCUT2D eigenvalue weighted by molar-refractivity contribution is 6.14. The summed E-state index contributed by atoms with van der Waals surface area (Å²) >= 11 is 0. The first-order valence-corrected chi connectivity index (χ1v) is 17.0. The van der Waals surface area contributed by atoms with E-state index in [-0.39, 0.29) is 0 Å². The summed E-state index contributed by atoms with van der Waals surface area (Å²) < 4.78 is 6.57. The van der Waals surface area contributed by atoms with Crippen molar-refractivity contribution < 1.29 is 4.42 Å². The largest absolute Gasteiger partial charge is 0.456 e. The highest BCUT2D eigenvalue weighted by atomic mass is 16.3. The fourth-order valence-corrected chi connectivity index (χ4v) is 7.00. The van der Waals surface area contributed by atoms with Gasteiger partial charge in [0.25, 0.3) is 0 Å². The number of nitrogens with zero attached hydrogens (tertiary/aromatic N) is 1. The molecule has 0 bridgehead atoms. The maximum absolute atomic E-state index is 6.57. The Morgan fingerprint density at radius 3 is 1.40 bits per heavy atom. The van der Waals surface area contributed by atoms with Gasteiger partial charge in [-0.3, -0.25) is 0 Å².